The fourth-order valence-electron chi connectivity index (χ4n) is 3.18. The summed E-state index contributed by atoms with van der Waals surface area (Å²) in [5, 5.41) is 4.37. The van der Waals surface area contributed by atoms with Gasteiger partial charge in [-0.25, -0.2) is 0 Å². The maximum Gasteiger partial charge on any atom is 0.0888 e. The molecule has 17 heavy (non-hydrogen) atoms. The van der Waals surface area contributed by atoms with E-state index in [-0.39, 0.29) is 0 Å². The molecule has 1 atom stereocenters. The zero-order chi connectivity index (χ0) is 12.5. The Morgan fingerprint density at radius 2 is 2.18 bits per heavy atom. The molecule has 1 aliphatic carbocycles. The van der Waals surface area contributed by atoms with Crippen molar-refractivity contribution in [1.29, 1.82) is 0 Å². The number of halogens is 2. The van der Waals surface area contributed by atoms with Gasteiger partial charge in [0.2, 0.25) is 0 Å². The molecular formula is C13H19BrClNS. The van der Waals surface area contributed by atoms with Crippen molar-refractivity contribution < 1.29 is 0 Å². The minimum Gasteiger partial charge on any atom is -0.312 e. The lowest BCUT2D eigenvalue weighted by atomic mass is 9.75. The van der Waals surface area contributed by atoms with Crippen molar-refractivity contribution in [2.75, 3.05) is 7.05 Å². The predicted molar refractivity (Wildman–Crippen MR) is 80.0 cm³/mol. The van der Waals surface area contributed by atoms with Crippen molar-refractivity contribution in [2.45, 2.75) is 45.1 Å². The largest absolute Gasteiger partial charge is 0.312 e. The Balaban J connectivity index is 2.31. The van der Waals surface area contributed by atoms with Gasteiger partial charge in [-0.2, -0.15) is 0 Å². The molecule has 0 saturated heterocycles. The van der Waals surface area contributed by atoms with Crippen LogP contribution in [0, 0.1) is 5.41 Å². The van der Waals surface area contributed by atoms with Gasteiger partial charge in [0.1, 0.15) is 0 Å². The van der Waals surface area contributed by atoms with Crippen molar-refractivity contribution in [2.24, 2.45) is 5.41 Å². The molecule has 1 aromatic rings. The molecule has 1 saturated carbocycles. The first-order chi connectivity index (χ1) is 8.13. The second-order valence-electron chi connectivity index (χ2n) is 4.92. The maximum atomic E-state index is 6.16. The molecule has 1 N–H and O–H groups in total. The Hall–Kier alpha value is 0.430. The monoisotopic (exact) mass is 335 g/mol. The summed E-state index contributed by atoms with van der Waals surface area (Å²) < 4.78 is 1.05. The van der Waals surface area contributed by atoms with Crippen molar-refractivity contribution in [1.82, 2.24) is 5.32 Å². The first-order valence-corrected chi connectivity index (χ1v) is 8.23. The van der Waals surface area contributed by atoms with Crippen LogP contribution in [0.25, 0.3) is 0 Å². The molecule has 96 valence electrons. The molecule has 0 spiro atoms. The lowest BCUT2D eigenvalue weighted by molar-refractivity contribution is 0.198. The highest BCUT2D eigenvalue weighted by atomic mass is 79.9. The molecule has 2 rings (SSSR count). The van der Waals surface area contributed by atoms with E-state index in [0.29, 0.717) is 11.5 Å². The van der Waals surface area contributed by atoms with Gasteiger partial charge in [0.15, 0.2) is 0 Å². The lowest BCUT2D eigenvalue weighted by Crippen LogP contribution is -2.33. The SMILES string of the molecule is CCC1(C(NC)c2cc(Cl)c(Br)s2)CCCC1. The topological polar surface area (TPSA) is 12.0 Å². The van der Waals surface area contributed by atoms with Gasteiger partial charge < -0.3 is 5.32 Å². The molecular weight excluding hydrogens is 318 g/mol. The van der Waals surface area contributed by atoms with Crippen LogP contribution in [0.2, 0.25) is 5.02 Å². The Bertz CT molecular complexity index is 365. The number of thiophene rings is 1. The van der Waals surface area contributed by atoms with E-state index in [4.69, 9.17) is 11.6 Å². The Kier molecular flexibility index (Phi) is 4.56. The Labute approximate surface area is 121 Å². The molecule has 0 radical (unpaired) electrons. The summed E-state index contributed by atoms with van der Waals surface area (Å²) in [7, 11) is 2.07. The minimum absolute atomic E-state index is 0.433. The lowest BCUT2D eigenvalue weighted by Gasteiger charge is -2.36. The fourth-order valence-corrected chi connectivity index (χ4v) is 5.18. The number of hydrogen-bond acceptors (Lipinski definition) is 2. The van der Waals surface area contributed by atoms with E-state index in [1.54, 1.807) is 11.3 Å². The Morgan fingerprint density at radius 3 is 2.59 bits per heavy atom. The summed E-state index contributed by atoms with van der Waals surface area (Å²) >= 11 is 11.5. The zero-order valence-corrected chi connectivity index (χ0v) is 13.5. The first-order valence-electron chi connectivity index (χ1n) is 6.25. The zero-order valence-electron chi connectivity index (χ0n) is 10.4. The standard InChI is InChI=1S/C13H19BrClNS/c1-3-13(6-4-5-7-13)11(16-2)10-8-9(15)12(14)17-10/h8,11,16H,3-7H2,1-2H3. The summed E-state index contributed by atoms with van der Waals surface area (Å²) in [5.74, 6) is 0. The maximum absolute atomic E-state index is 6.16. The summed E-state index contributed by atoms with van der Waals surface area (Å²) in [5.41, 5.74) is 0.433. The van der Waals surface area contributed by atoms with Crippen LogP contribution >= 0.6 is 38.9 Å². The summed E-state index contributed by atoms with van der Waals surface area (Å²) in [6.45, 7) is 2.32. The molecule has 1 fully saturated rings. The summed E-state index contributed by atoms with van der Waals surface area (Å²) in [6, 6.07) is 2.57. The second kappa shape index (κ2) is 5.60. The molecule has 4 heteroatoms. The molecule has 0 aliphatic heterocycles. The summed E-state index contributed by atoms with van der Waals surface area (Å²) in [6.07, 6.45) is 6.65. The molecule has 0 bridgehead atoms. The van der Waals surface area contributed by atoms with Gasteiger partial charge in [-0.15, -0.1) is 11.3 Å². The third kappa shape index (κ3) is 2.58. The first kappa shape index (κ1) is 13.9. The average molecular weight is 337 g/mol. The fraction of sp³-hybridized carbons (Fsp3) is 0.692. The molecule has 1 heterocycles. The van der Waals surface area contributed by atoms with E-state index in [0.717, 1.165) is 8.81 Å². The van der Waals surface area contributed by atoms with Gasteiger partial charge >= 0.3 is 0 Å². The number of hydrogen-bond donors (Lipinski definition) is 1. The van der Waals surface area contributed by atoms with Gasteiger partial charge in [0, 0.05) is 10.9 Å². The van der Waals surface area contributed by atoms with E-state index < -0.39 is 0 Å². The van der Waals surface area contributed by atoms with E-state index >= 15 is 0 Å². The van der Waals surface area contributed by atoms with Crippen molar-refractivity contribution >= 4 is 38.9 Å². The minimum atomic E-state index is 0.433. The van der Waals surface area contributed by atoms with Crippen LogP contribution < -0.4 is 5.32 Å². The van der Waals surface area contributed by atoms with E-state index in [9.17, 15) is 0 Å². The van der Waals surface area contributed by atoms with Gasteiger partial charge in [0.05, 0.1) is 8.81 Å². The van der Waals surface area contributed by atoms with Crippen LogP contribution in [0.15, 0.2) is 9.85 Å². The number of nitrogens with one attached hydrogen (secondary N) is 1. The normalized spacial score (nSPS) is 20.7. The van der Waals surface area contributed by atoms with Gasteiger partial charge in [0.25, 0.3) is 0 Å². The van der Waals surface area contributed by atoms with Crippen LogP contribution in [-0.2, 0) is 0 Å². The summed E-state index contributed by atoms with van der Waals surface area (Å²) in [4.78, 5) is 1.37. The van der Waals surface area contributed by atoms with Crippen LogP contribution in [0.1, 0.15) is 49.9 Å². The second-order valence-corrected chi connectivity index (χ2v) is 7.72. The van der Waals surface area contributed by atoms with E-state index in [1.807, 2.05) is 0 Å². The molecule has 1 nitrogen and oxygen atoms in total. The van der Waals surface area contributed by atoms with Crippen LogP contribution in [-0.4, -0.2) is 7.05 Å². The molecule has 1 aliphatic rings. The van der Waals surface area contributed by atoms with Crippen molar-refractivity contribution in [3.8, 4) is 0 Å². The average Bonchev–Trinajstić information content (AvgIpc) is 2.90. The van der Waals surface area contributed by atoms with Crippen LogP contribution in [0.4, 0.5) is 0 Å². The van der Waals surface area contributed by atoms with Gasteiger partial charge in [-0.3, -0.25) is 0 Å². The van der Waals surface area contributed by atoms with E-state index in [2.05, 4.69) is 41.3 Å². The Morgan fingerprint density at radius 1 is 1.53 bits per heavy atom. The third-order valence-electron chi connectivity index (χ3n) is 4.15. The predicted octanol–water partition coefficient (Wildman–Crippen LogP) is 5.39. The molecule has 0 aromatic carbocycles. The smallest absolute Gasteiger partial charge is 0.0888 e. The molecule has 1 unspecified atom stereocenters. The van der Waals surface area contributed by atoms with E-state index in [1.165, 1.54) is 37.0 Å². The van der Waals surface area contributed by atoms with Crippen LogP contribution in [0.5, 0.6) is 0 Å². The quantitative estimate of drug-likeness (QED) is 0.776. The highest BCUT2D eigenvalue weighted by molar-refractivity contribution is 9.11. The van der Waals surface area contributed by atoms with Crippen molar-refractivity contribution in [3.63, 3.8) is 0 Å². The van der Waals surface area contributed by atoms with Crippen LogP contribution in [0.3, 0.4) is 0 Å². The van der Waals surface area contributed by atoms with Crippen molar-refractivity contribution in [3.05, 3.63) is 19.8 Å². The molecule has 1 aromatic heterocycles. The molecule has 0 amide bonds. The highest BCUT2D eigenvalue weighted by Gasteiger charge is 2.40. The van der Waals surface area contributed by atoms with Gasteiger partial charge in [-0.05, 0) is 53.7 Å². The highest BCUT2D eigenvalue weighted by Crippen LogP contribution is 2.52. The number of rotatable bonds is 4. The third-order valence-corrected chi connectivity index (χ3v) is 6.69. The van der Waals surface area contributed by atoms with Gasteiger partial charge in [-0.1, -0.05) is 31.4 Å².